The maximum absolute atomic E-state index is 5.13. The Hall–Kier alpha value is -0.920. The minimum absolute atomic E-state index is 0.466. The fraction of sp³-hybridized carbons (Fsp3) is 0.500. The summed E-state index contributed by atoms with van der Waals surface area (Å²) in [5.74, 6) is 3.07. The molecule has 0 heterocycles. The first-order chi connectivity index (χ1) is 4.81. The Morgan fingerprint density at radius 2 is 2.30 bits per heavy atom. The molecule has 54 valence electrons. The number of hydrogen-bond donors (Lipinski definition) is 0. The Kier molecular flexibility index (Phi) is 5.63. The summed E-state index contributed by atoms with van der Waals surface area (Å²) >= 11 is 0. The molecule has 0 saturated heterocycles. The van der Waals surface area contributed by atoms with E-state index >= 15 is 0 Å². The molecule has 0 aliphatic rings. The van der Waals surface area contributed by atoms with Gasteiger partial charge in [0.05, 0.1) is 0 Å². The second-order valence-electron chi connectivity index (χ2n) is 2.33. The van der Waals surface area contributed by atoms with Gasteiger partial charge in [-0.1, -0.05) is 13.8 Å². The van der Waals surface area contributed by atoms with Crippen molar-refractivity contribution < 1.29 is 0 Å². The third-order valence-corrected chi connectivity index (χ3v) is 1.14. The normalized spacial score (nSPS) is 10.9. The van der Waals surface area contributed by atoms with Crippen molar-refractivity contribution in [1.82, 2.24) is 0 Å². The fourth-order valence-corrected chi connectivity index (χ4v) is 0.595. The van der Waals surface area contributed by atoms with Crippen LogP contribution in [-0.2, 0) is 0 Å². The lowest BCUT2D eigenvalue weighted by Gasteiger charge is -1.93. The number of hydrogen-bond acceptors (Lipinski definition) is 0. The number of rotatable bonds is 3. The van der Waals surface area contributed by atoms with Gasteiger partial charge in [0, 0.05) is 6.42 Å². The van der Waals surface area contributed by atoms with Crippen LogP contribution < -0.4 is 0 Å². The Morgan fingerprint density at radius 1 is 1.60 bits per heavy atom. The standard InChI is InChI=1S/C10H14/c1-4-6-7-9-10(3)8-5-2/h2,6,9-10H,4,8H2,1,3H3. The van der Waals surface area contributed by atoms with Crippen molar-refractivity contribution in [2.24, 2.45) is 5.92 Å². The van der Waals surface area contributed by atoms with Crippen LogP contribution in [0.5, 0.6) is 0 Å². The molecule has 0 rings (SSSR count). The summed E-state index contributed by atoms with van der Waals surface area (Å²) in [6.07, 6.45) is 11.0. The molecule has 1 unspecified atom stereocenters. The van der Waals surface area contributed by atoms with Gasteiger partial charge < -0.3 is 0 Å². The van der Waals surface area contributed by atoms with Crippen LogP contribution in [0.25, 0.3) is 0 Å². The molecule has 0 radical (unpaired) electrons. The number of terminal acetylenes is 1. The van der Waals surface area contributed by atoms with Gasteiger partial charge in [0.2, 0.25) is 0 Å². The van der Waals surface area contributed by atoms with Gasteiger partial charge in [-0.2, -0.15) is 0 Å². The smallest absolute Gasteiger partial charge is 0.0152 e. The molecule has 0 saturated carbocycles. The lowest BCUT2D eigenvalue weighted by atomic mass is 10.1. The third kappa shape index (κ3) is 5.22. The van der Waals surface area contributed by atoms with E-state index in [0.29, 0.717) is 5.92 Å². The topological polar surface area (TPSA) is 0 Å². The summed E-state index contributed by atoms with van der Waals surface area (Å²) in [7, 11) is 0. The van der Waals surface area contributed by atoms with Crippen molar-refractivity contribution in [3.05, 3.63) is 17.9 Å². The van der Waals surface area contributed by atoms with Gasteiger partial charge in [-0.3, -0.25) is 0 Å². The minimum Gasteiger partial charge on any atom is -0.129 e. The molecule has 0 spiro atoms. The zero-order valence-electron chi connectivity index (χ0n) is 6.72. The Bertz CT molecular complexity index is 163. The van der Waals surface area contributed by atoms with E-state index in [1.807, 2.05) is 12.2 Å². The van der Waals surface area contributed by atoms with Gasteiger partial charge in [-0.05, 0) is 24.5 Å². The molecule has 0 amide bonds. The minimum atomic E-state index is 0.466. The van der Waals surface area contributed by atoms with Crippen LogP contribution in [0, 0.1) is 18.3 Å². The van der Waals surface area contributed by atoms with Crippen LogP contribution >= 0.6 is 0 Å². The van der Waals surface area contributed by atoms with Crippen LogP contribution in [0.3, 0.4) is 0 Å². The molecule has 0 aromatic heterocycles. The highest BCUT2D eigenvalue weighted by molar-refractivity contribution is 4.94. The molecule has 0 N–H and O–H groups in total. The van der Waals surface area contributed by atoms with Gasteiger partial charge in [-0.15, -0.1) is 18.1 Å². The predicted molar refractivity (Wildman–Crippen MR) is 45.6 cm³/mol. The lowest BCUT2D eigenvalue weighted by molar-refractivity contribution is 0.761. The second-order valence-corrected chi connectivity index (χ2v) is 2.33. The highest BCUT2D eigenvalue weighted by Crippen LogP contribution is 2.00. The van der Waals surface area contributed by atoms with Crippen LogP contribution in [0.4, 0.5) is 0 Å². The molecular weight excluding hydrogens is 120 g/mol. The summed E-state index contributed by atoms with van der Waals surface area (Å²) in [6.45, 7) is 4.18. The first-order valence-electron chi connectivity index (χ1n) is 3.65. The molecule has 0 aromatic rings. The van der Waals surface area contributed by atoms with Crippen molar-refractivity contribution in [1.29, 1.82) is 0 Å². The fourth-order valence-electron chi connectivity index (χ4n) is 0.595. The van der Waals surface area contributed by atoms with Gasteiger partial charge in [0.15, 0.2) is 0 Å². The molecule has 0 aliphatic carbocycles. The molecule has 0 nitrogen and oxygen atoms in total. The molecule has 0 bridgehead atoms. The van der Waals surface area contributed by atoms with E-state index in [1.54, 1.807) is 0 Å². The predicted octanol–water partition coefficient (Wildman–Crippen LogP) is 2.77. The maximum atomic E-state index is 5.13. The molecule has 0 fully saturated rings. The van der Waals surface area contributed by atoms with Gasteiger partial charge in [0.25, 0.3) is 0 Å². The molecule has 1 atom stereocenters. The van der Waals surface area contributed by atoms with Crippen molar-refractivity contribution in [3.8, 4) is 12.3 Å². The zero-order chi connectivity index (χ0) is 7.82. The van der Waals surface area contributed by atoms with E-state index < -0.39 is 0 Å². The quantitative estimate of drug-likeness (QED) is 0.411. The van der Waals surface area contributed by atoms with E-state index in [4.69, 9.17) is 6.42 Å². The van der Waals surface area contributed by atoms with Crippen molar-refractivity contribution in [3.63, 3.8) is 0 Å². The summed E-state index contributed by atoms with van der Waals surface area (Å²) in [5, 5.41) is 0. The van der Waals surface area contributed by atoms with Crippen molar-refractivity contribution in [2.45, 2.75) is 26.7 Å². The van der Waals surface area contributed by atoms with Crippen molar-refractivity contribution in [2.75, 3.05) is 0 Å². The molecular formula is C10H14. The van der Waals surface area contributed by atoms with Crippen LogP contribution in [0.2, 0.25) is 0 Å². The van der Waals surface area contributed by atoms with Gasteiger partial charge in [-0.25, -0.2) is 0 Å². The monoisotopic (exact) mass is 134 g/mol. The highest BCUT2D eigenvalue weighted by Gasteiger charge is 1.89. The average Bonchev–Trinajstić information content (AvgIpc) is 1.89. The third-order valence-electron chi connectivity index (χ3n) is 1.14. The van der Waals surface area contributed by atoms with Crippen LogP contribution in [0.15, 0.2) is 17.9 Å². The Balaban J connectivity index is 3.67. The largest absolute Gasteiger partial charge is 0.129 e. The van der Waals surface area contributed by atoms with E-state index in [1.165, 1.54) is 0 Å². The highest BCUT2D eigenvalue weighted by atomic mass is 13.9. The van der Waals surface area contributed by atoms with E-state index in [0.717, 1.165) is 12.8 Å². The summed E-state index contributed by atoms with van der Waals surface area (Å²) in [4.78, 5) is 0. The Morgan fingerprint density at radius 3 is 2.80 bits per heavy atom. The molecule has 0 aliphatic heterocycles. The first-order valence-corrected chi connectivity index (χ1v) is 3.65. The first kappa shape index (κ1) is 9.08. The molecule has 0 heteroatoms. The zero-order valence-corrected chi connectivity index (χ0v) is 6.72. The summed E-state index contributed by atoms with van der Waals surface area (Å²) in [5.41, 5.74) is 3.07. The maximum Gasteiger partial charge on any atom is 0.0152 e. The number of allylic oxidation sites excluding steroid dienone is 1. The van der Waals surface area contributed by atoms with E-state index in [9.17, 15) is 0 Å². The van der Waals surface area contributed by atoms with Crippen LogP contribution in [0.1, 0.15) is 26.7 Å². The lowest BCUT2D eigenvalue weighted by Crippen LogP contribution is -1.83. The SMILES string of the molecule is C#CCC(C)C=C=CCC. The van der Waals surface area contributed by atoms with E-state index in [2.05, 4.69) is 25.5 Å². The van der Waals surface area contributed by atoms with Crippen LogP contribution in [-0.4, -0.2) is 0 Å². The Labute approximate surface area is 63.6 Å². The molecule has 0 aromatic carbocycles. The van der Waals surface area contributed by atoms with Crippen molar-refractivity contribution >= 4 is 0 Å². The molecule has 10 heavy (non-hydrogen) atoms. The van der Waals surface area contributed by atoms with E-state index in [-0.39, 0.29) is 0 Å². The second kappa shape index (κ2) is 6.20. The summed E-state index contributed by atoms with van der Waals surface area (Å²) in [6, 6.07) is 0. The summed E-state index contributed by atoms with van der Waals surface area (Å²) < 4.78 is 0. The average molecular weight is 134 g/mol. The van der Waals surface area contributed by atoms with Gasteiger partial charge in [0.1, 0.15) is 0 Å². The van der Waals surface area contributed by atoms with Gasteiger partial charge >= 0.3 is 0 Å².